The predicted octanol–water partition coefficient (Wildman–Crippen LogP) is 3.57. The van der Waals surface area contributed by atoms with E-state index < -0.39 is 0 Å². The Hall–Kier alpha value is -3.19. The maximum Gasteiger partial charge on any atom is 0.257 e. The summed E-state index contributed by atoms with van der Waals surface area (Å²) in [6.45, 7) is 4.62. The Balaban J connectivity index is 1.53. The fraction of sp³-hybridized carbons (Fsp3) is 0.375. The molecule has 1 aliphatic heterocycles. The van der Waals surface area contributed by atoms with Crippen molar-refractivity contribution < 1.29 is 9.59 Å². The van der Waals surface area contributed by atoms with E-state index in [2.05, 4.69) is 46.9 Å². The quantitative estimate of drug-likeness (QED) is 0.574. The number of hydrogen-bond donors (Lipinski definition) is 4. The molecule has 2 aromatic rings. The van der Waals surface area contributed by atoms with Crippen molar-refractivity contribution in [1.82, 2.24) is 10.6 Å². The van der Waals surface area contributed by atoms with Crippen LogP contribution in [0.1, 0.15) is 66.6 Å². The van der Waals surface area contributed by atoms with Crippen LogP contribution in [0.4, 0.5) is 11.4 Å². The van der Waals surface area contributed by atoms with Crippen LogP contribution in [-0.2, 0) is 4.79 Å². The Morgan fingerprint density at radius 3 is 2.71 bits per heavy atom. The van der Waals surface area contributed by atoms with Crippen LogP contribution in [0, 0.1) is 5.92 Å². The van der Waals surface area contributed by atoms with Crippen LogP contribution in [0.5, 0.6) is 0 Å². The lowest BCUT2D eigenvalue weighted by Gasteiger charge is -2.18. The number of nitrogens with one attached hydrogen (secondary N) is 3. The molecule has 2 aromatic carbocycles. The van der Waals surface area contributed by atoms with Crippen LogP contribution in [0.15, 0.2) is 47.5 Å². The van der Waals surface area contributed by atoms with Gasteiger partial charge in [0.25, 0.3) is 5.91 Å². The van der Waals surface area contributed by atoms with E-state index in [1.54, 1.807) is 6.07 Å². The fourth-order valence-electron chi connectivity index (χ4n) is 3.67. The van der Waals surface area contributed by atoms with Gasteiger partial charge in [-0.1, -0.05) is 26.0 Å². The van der Waals surface area contributed by atoms with Gasteiger partial charge in [0, 0.05) is 29.4 Å². The third-order valence-corrected chi connectivity index (χ3v) is 5.70. The van der Waals surface area contributed by atoms with Gasteiger partial charge in [-0.15, -0.1) is 0 Å². The molecular formula is C24H29N5O2. The molecule has 1 unspecified atom stereocenters. The van der Waals surface area contributed by atoms with E-state index in [-0.39, 0.29) is 23.8 Å². The third-order valence-electron chi connectivity index (χ3n) is 5.70. The van der Waals surface area contributed by atoms with Gasteiger partial charge >= 0.3 is 0 Å². The number of rotatable bonds is 6. The van der Waals surface area contributed by atoms with E-state index in [4.69, 9.17) is 5.73 Å². The average Bonchev–Trinajstić information content (AvgIpc) is 3.59. The average molecular weight is 420 g/mol. The molecule has 5 N–H and O–H groups in total. The van der Waals surface area contributed by atoms with E-state index >= 15 is 0 Å². The molecular weight excluding hydrogens is 390 g/mol. The van der Waals surface area contributed by atoms with Crippen LogP contribution in [0.3, 0.4) is 0 Å². The summed E-state index contributed by atoms with van der Waals surface area (Å²) in [6.07, 6.45) is 2.57. The number of aliphatic imine (C=N–C) groups is 1. The molecule has 0 aromatic heterocycles. The predicted molar refractivity (Wildman–Crippen MR) is 122 cm³/mol. The standard InChI is InChI=1S/C24H29N5O2/c1-14(2)22(25)16-4-3-5-18(12-16)27-20-9-8-17(13-19(20)15-6-7-15)23(31)29-24-26-11-10-21(30)28-24/h3-5,8-9,12-15,22,27H,6-7,10-11,25H2,1-2H3,(H2,26,28,29,30,31). The zero-order valence-electron chi connectivity index (χ0n) is 17.9. The van der Waals surface area contributed by atoms with E-state index in [0.29, 0.717) is 30.4 Å². The Bertz CT molecular complexity index is 1030. The van der Waals surface area contributed by atoms with Crippen LogP contribution in [-0.4, -0.2) is 24.3 Å². The summed E-state index contributed by atoms with van der Waals surface area (Å²) >= 11 is 0. The van der Waals surface area contributed by atoms with Gasteiger partial charge in [-0.2, -0.15) is 0 Å². The summed E-state index contributed by atoms with van der Waals surface area (Å²) in [5, 5.41) is 8.80. The second-order valence-corrected chi connectivity index (χ2v) is 8.58. The molecule has 7 nitrogen and oxygen atoms in total. The number of carbonyl (C=O) groups is 2. The van der Waals surface area contributed by atoms with Crippen molar-refractivity contribution in [2.45, 2.75) is 45.1 Å². The van der Waals surface area contributed by atoms with Crippen molar-refractivity contribution >= 4 is 29.1 Å². The molecule has 1 fully saturated rings. The second-order valence-electron chi connectivity index (χ2n) is 8.58. The van der Waals surface area contributed by atoms with Crippen LogP contribution >= 0.6 is 0 Å². The third kappa shape index (κ3) is 5.11. The molecule has 2 amide bonds. The maximum atomic E-state index is 12.7. The van der Waals surface area contributed by atoms with Gasteiger partial charge in [0.2, 0.25) is 11.9 Å². The number of carbonyl (C=O) groups excluding carboxylic acids is 2. The molecule has 4 rings (SSSR count). The van der Waals surface area contributed by atoms with Crippen molar-refractivity contribution in [3.63, 3.8) is 0 Å². The summed E-state index contributed by atoms with van der Waals surface area (Å²) in [5.41, 5.74) is 11.1. The minimum absolute atomic E-state index is 0.0149. The lowest BCUT2D eigenvalue weighted by molar-refractivity contribution is -0.119. The highest BCUT2D eigenvalue weighted by Gasteiger charge is 2.27. The highest BCUT2D eigenvalue weighted by molar-refractivity contribution is 6.10. The summed E-state index contributed by atoms with van der Waals surface area (Å²) in [6, 6.07) is 13.8. The van der Waals surface area contributed by atoms with Gasteiger partial charge < -0.3 is 11.1 Å². The molecule has 1 atom stereocenters. The van der Waals surface area contributed by atoms with Crippen molar-refractivity contribution in [3.8, 4) is 0 Å². The minimum Gasteiger partial charge on any atom is -0.355 e. The lowest BCUT2D eigenvalue weighted by Crippen LogP contribution is -2.46. The van der Waals surface area contributed by atoms with Gasteiger partial charge in [0.05, 0.1) is 6.54 Å². The summed E-state index contributed by atoms with van der Waals surface area (Å²) in [7, 11) is 0. The molecule has 7 heteroatoms. The van der Waals surface area contributed by atoms with Crippen molar-refractivity contribution in [3.05, 3.63) is 59.2 Å². The Kier molecular flexibility index (Phi) is 6.04. The summed E-state index contributed by atoms with van der Waals surface area (Å²) < 4.78 is 0. The van der Waals surface area contributed by atoms with E-state index in [9.17, 15) is 9.59 Å². The first-order valence-corrected chi connectivity index (χ1v) is 10.8. The second kappa shape index (κ2) is 8.89. The highest BCUT2D eigenvalue weighted by Crippen LogP contribution is 2.44. The van der Waals surface area contributed by atoms with E-state index in [1.165, 1.54) is 0 Å². The molecule has 162 valence electrons. The molecule has 0 bridgehead atoms. The van der Waals surface area contributed by atoms with Crippen molar-refractivity contribution in [1.29, 1.82) is 0 Å². The molecule has 1 saturated carbocycles. The SMILES string of the molecule is CC(C)C(N)c1cccc(Nc2ccc(C(=O)NC3=NCCC(=O)N3)cc2C2CC2)c1. The maximum absolute atomic E-state index is 12.7. The smallest absolute Gasteiger partial charge is 0.257 e. The number of anilines is 2. The minimum atomic E-state index is -0.278. The van der Waals surface area contributed by atoms with Crippen molar-refractivity contribution in [2.24, 2.45) is 16.6 Å². The van der Waals surface area contributed by atoms with E-state index in [1.807, 2.05) is 24.3 Å². The Labute approximate surface area is 182 Å². The molecule has 31 heavy (non-hydrogen) atoms. The zero-order chi connectivity index (χ0) is 22.0. The number of nitrogens with zero attached hydrogens (tertiary/aromatic N) is 1. The van der Waals surface area contributed by atoms with Crippen LogP contribution < -0.4 is 21.7 Å². The van der Waals surface area contributed by atoms with Gasteiger partial charge in [-0.05, 0) is 66.1 Å². The summed E-state index contributed by atoms with van der Waals surface area (Å²) in [4.78, 5) is 28.3. The summed E-state index contributed by atoms with van der Waals surface area (Å²) in [5.74, 6) is 0.605. The van der Waals surface area contributed by atoms with Crippen molar-refractivity contribution in [2.75, 3.05) is 11.9 Å². The number of nitrogens with two attached hydrogens (primary N) is 1. The Morgan fingerprint density at radius 2 is 2.00 bits per heavy atom. The molecule has 0 spiro atoms. The molecule has 1 aliphatic carbocycles. The van der Waals surface area contributed by atoms with Gasteiger partial charge in [0.15, 0.2) is 0 Å². The highest BCUT2D eigenvalue weighted by atomic mass is 16.2. The topological polar surface area (TPSA) is 109 Å². The molecule has 1 heterocycles. The normalized spacial score (nSPS) is 17.0. The molecule has 0 radical (unpaired) electrons. The van der Waals surface area contributed by atoms with Gasteiger partial charge in [-0.25, -0.2) is 0 Å². The van der Waals surface area contributed by atoms with Crippen LogP contribution in [0.2, 0.25) is 0 Å². The lowest BCUT2D eigenvalue weighted by atomic mass is 9.96. The first-order valence-electron chi connectivity index (χ1n) is 10.8. The largest absolute Gasteiger partial charge is 0.355 e. The van der Waals surface area contributed by atoms with Gasteiger partial charge in [0.1, 0.15) is 0 Å². The number of amides is 2. The van der Waals surface area contributed by atoms with E-state index in [0.717, 1.165) is 35.3 Å². The molecule has 2 aliphatic rings. The van der Waals surface area contributed by atoms with Gasteiger partial charge in [-0.3, -0.25) is 25.2 Å². The monoisotopic (exact) mass is 419 g/mol. The fourth-order valence-corrected chi connectivity index (χ4v) is 3.67. The first-order chi connectivity index (χ1) is 14.9. The number of hydrogen-bond acceptors (Lipinski definition) is 5. The van der Waals surface area contributed by atoms with Crippen LogP contribution in [0.25, 0.3) is 0 Å². The zero-order valence-corrected chi connectivity index (χ0v) is 17.9. The number of benzene rings is 2. The number of guanidine groups is 1. The molecule has 0 saturated heterocycles. The Morgan fingerprint density at radius 1 is 1.19 bits per heavy atom. The first kappa shape index (κ1) is 21.1.